The fraction of sp³-hybridized carbons (Fsp3) is 0.444. The largest absolute Gasteiger partial charge is 0.494 e. The molecule has 2 atom stereocenters. The summed E-state index contributed by atoms with van der Waals surface area (Å²) in [6, 6.07) is 8.26. The number of carbonyl (C=O) groups excluding carboxylic acids is 1. The van der Waals surface area contributed by atoms with Crippen LogP contribution < -0.4 is 15.4 Å². The molecule has 0 bridgehead atoms. The molecule has 1 aliphatic rings. The maximum atomic E-state index is 12.4. The third-order valence-corrected chi connectivity index (χ3v) is 5.12. The maximum absolute atomic E-state index is 12.4. The molecule has 2 heterocycles. The lowest BCUT2D eigenvalue weighted by molar-refractivity contribution is 0.0915. The predicted octanol–water partition coefficient (Wildman–Crippen LogP) is 3.08. The summed E-state index contributed by atoms with van der Waals surface area (Å²) in [6.07, 6.45) is 2.10. The highest BCUT2D eigenvalue weighted by molar-refractivity contribution is 7.13. The van der Waals surface area contributed by atoms with Gasteiger partial charge >= 0.3 is 0 Å². The lowest BCUT2D eigenvalue weighted by Gasteiger charge is -2.30. The number of rotatable bonds is 5. The van der Waals surface area contributed by atoms with Crippen molar-refractivity contribution < 1.29 is 9.53 Å². The number of carbonyl (C=O) groups is 1. The minimum Gasteiger partial charge on any atom is -0.494 e. The number of hydrogen-bond donors (Lipinski definition) is 2. The van der Waals surface area contributed by atoms with Gasteiger partial charge in [-0.3, -0.25) is 4.79 Å². The summed E-state index contributed by atoms with van der Waals surface area (Å²) in [5, 5.41) is 9.16. The lowest BCUT2D eigenvalue weighted by Crippen LogP contribution is -2.51. The summed E-state index contributed by atoms with van der Waals surface area (Å²) in [6.45, 7) is 5.74. The zero-order chi connectivity index (χ0) is 16.9. The van der Waals surface area contributed by atoms with Gasteiger partial charge in [0.25, 0.3) is 5.91 Å². The Morgan fingerprint density at radius 2 is 2.21 bits per heavy atom. The normalized spacial score (nSPS) is 20.6. The summed E-state index contributed by atoms with van der Waals surface area (Å²) in [4.78, 5) is 16.9. The van der Waals surface area contributed by atoms with E-state index < -0.39 is 0 Å². The van der Waals surface area contributed by atoms with Crippen LogP contribution >= 0.6 is 11.3 Å². The van der Waals surface area contributed by atoms with Crippen molar-refractivity contribution in [2.45, 2.75) is 38.8 Å². The SMILES string of the molecule is CCOc1ccc(-c2nc(C(=O)NC3CCCNC3C)cs2)cc1. The summed E-state index contributed by atoms with van der Waals surface area (Å²) in [5.41, 5.74) is 1.48. The molecule has 3 rings (SSSR count). The topological polar surface area (TPSA) is 63.2 Å². The Bertz CT molecular complexity index is 684. The van der Waals surface area contributed by atoms with E-state index in [0.29, 0.717) is 18.3 Å². The molecule has 24 heavy (non-hydrogen) atoms. The van der Waals surface area contributed by atoms with Gasteiger partial charge in [-0.25, -0.2) is 4.98 Å². The van der Waals surface area contributed by atoms with E-state index in [1.165, 1.54) is 11.3 Å². The highest BCUT2D eigenvalue weighted by atomic mass is 32.1. The quantitative estimate of drug-likeness (QED) is 0.874. The Morgan fingerprint density at radius 3 is 2.92 bits per heavy atom. The molecule has 5 nitrogen and oxygen atoms in total. The van der Waals surface area contributed by atoms with Crippen molar-refractivity contribution in [3.05, 3.63) is 35.3 Å². The minimum atomic E-state index is -0.0935. The molecule has 1 fully saturated rings. The number of amides is 1. The average Bonchev–Trinajstić information content (AvgIpc) is 3.08. The van der Waals surface area contributed by atoms with Gasteiger partial charge in [0, 0.05) is 23.0 Å². The molecule has 2 N–H and O–H groups in total. The highest BCUT2D eigenvalue weighted by Gasteiger charge is 2.23. The van der Waals surface area contributed by atoms with Gasteiger partial charge in [0.2, 0.25) is 0 Å². The third-order valence-electron chi connectivity index (χ3n) is 4.23. The molecule has 0 aliphatic carbocycles. The number of nitrogens with zero attached hydrogens (tertiary/aromatic N) is 1. The highest BCUT2D eigenvalue weighted by Crippen LogP contribution is 2.26. The van der Waals surface area contributed by atoms with Gasteiger partial charge < -0.3 is 15.4 Å². The fourth-order valence-electron chi connectivity index (χ4n) is 2.85. The summed E-state index contributed by atoms with van der Waals surface area (Å²) >= 11 is 1.48. The van der Waals surface area contributed by atoms with E-state index in [0.717, 1.165) is 35.7 Å². The Labute approximate surface area is 146 Å². The van der Waals surface area contributed by atoms with E-state index in [4.69, 9.17) is 4.74 Å². The van der Waals surface area contributed by atoms with Crippen LogP contribution in [-0.4, -0.2) is 36.1 Å². The molecule has 1 amide bonds. The van der Waals surface area contributed by atoms with Crippen LogP contribution in [0.4, 0.5) is 0 Å². The van der Waals surface area contributed by atoms with E-state index in [9.17, 15) is 4.79 Å². The second-order valence-electron chi connectivity index (χ2n) is 5.96. The van der Waals surface area contributed by atoms with Crippen molar-refractivity contribution in [3.8, 4) is 16.3 Å². The van der Waals surface area contributed by atoms with Crippen molar-refractivity contribution in [2.24, 2.45) is 0 Å². The number of nitrogens with one attached hydrogen (secondary N) is 2. The molecule has 128 valence electrons. The van der Waals surface area contributed by atoms with Gasteiger partial charge in [-0.05, 0) is 57.5 Å². The fourth-order valence-corrected chi connectivity index (χ4v) is 3.66. The maximum Gasteiger partial charge on any atom is 0.271 e. The molecule has 6 heteroatoms. The third kappa shape index (κ3) is 3.94. The second-order valence-corrected chi connectivity index (χ2v) is 6.82. The van der Waals surface area contributed by atoms with E-state index in [1.807, 2.05) is 36.6 Å². The number of piperidine rings is 1. The molecule has 0 saturated carbocycles. The first-order valence-electron chi connectivity index (χ1n) is 8.40. The molecule has 1 aliphatic heterocycles. The first-order chi connectivity index (χ1) is 11.7. The van der Waals surface area contributed by atoms with Crippen LogP contribution in [0, 0.1) is 0 Å². The molecular weight excluding hydrogens is 322 g/mol. The van der Waals surface area contributed by atoms with Crippen LogP contribution in [0.5, 0.6) is 5.75 Å². The van der Waals surface area contributed by atoms with Gasteiger partial charge in [0.1, 0.15) is 16.5 Å². The first-order valence-corrected chi connectivity index (χ1v) is 9.28. The number of hydrogen-bond acceptors (Lipinski definition) is 5. The van der Waals surface area contributed by atoms with Crippen LogP contribution in [0.15, 0.2) is 29.6 Å². The van der Waals surface area contributed by atoms with Crippen LogP contribution in [0.2, 0.25) is 0 Å². The molecule has 1 aromatic heterocycles. The van der Waals surface area contributed by atoms with E-state index in [2.05, 4.69) is 22.5 Å². The van der Waals surface area contributed by atoms with Gasteiger partial charge in [-0.15, -0.1) is 11.3 Å². The van der Waals surface area contributed by atoms with Crippen LogP contribution in [0.1, 0.15) is 37.2 Å². The monoisotopic (exact) mass is 345 g/mol. The minimum absolute atomic E-state index is 0.0935. The van der Waals surface area contributed by atoms with Crippen molar-refractivity contribution in [3.63, 3.8) is 0 Å². The molecule has 1 saturated heterocycles. The molecular formula is C18H23N3O2S. The smallest absolute Gasteiger partial charge is 0.271 e. The Balaban J connectivity index is 1.67. The zero-order valence-corrected chi connectivity index (χ0v) is 14.9. The molecule has 2 unspecified atom stereocenters. The summed E-state index contributed by atoms with van der Waals surface area (Å²) in [5.74, 6) is 0.749. The molecule has 1 aromatic carbocycles. The van der Waals surface area contributed by atoms with Crippen LogP contribution in [0.3, 0.4) is 0 Å². The standard InChI is InChI=1S/C18H23N3O2S/c1-3-23-14-8-6-13(7-9-14)18-21-16(11-24-18)17(22)20-15-5-4-10-19-12(15)2/h6-9,11-12,15,19H,3-5,10H2,1-2H3,(H,20,22). The van der Waals surface area contributed by atoms with Gasteiger partial charge in [0.05, 0.1) is 6.61 Å². The van der Waals surface area contributed by atoms with E-state index >= 15 is 0 Å². The average molecular weight is 345 g/mol. The Hall–Kier alpha value is -1.92. The van der Waals surface area contributed by atoms with Gasteiger partial charge in [0.15, 0.2) is 0 Å². The van der Waals surface area contributed by atoms with Gasteiger partial charge in [-0.1, -0.05) is 0 Å². The number of aromatic nitrogens is 1. The number of thiazole rings is 1. The van der Waals surface area contributed by atoms with Crippen LogP contribution in [-0.2, 0) is 0 Å². The van der Waals surface area contributed by atoms with E-state index in [1.54, 1.807) is 0 Å². The van der Waals surface area contributed by atoms with Crippen molar-refractivity contribution in [1.82, 2.24) is 15.6 Å². The van der Waals surface area contributed by atoms with Crippen LogP contribution in [0.25, 0.3) is 10.6 Å². The first kappa shape index (κ1) is 16.9. The Morgan fingerprint density at radius 1 is 1.42 bits per heavy atom. The Kier molecular flexibility index (Phi) is 5.48. The van der Waals surface area contributed by atoms with Crippen molar-refractivity contribution in [1.29, 1.82) is 0 Å². The number of benzene rings is 1. The summed E-state index contributed by atoms with van der Waals surface area (Å²) in [7, 11) is 0. The molecule has 0 spiro atoms. The van der Waals surface area contributed by atoms with Gasteiger partial charge in [-0.2, -0.15) is 0 Å². The summed E-state index contributed by atoms with van der Waals surface area (Å²) < 4.78 is 5.45. The zero-order valence-electron chi connectivity index (χ0n) is 14.0. The van der Waals surface area contributed by atoms with Crippen molar-refractivity contribution >= 4 is 17.2 Å². The molecule has 0 radical (unpaired) electrons. The predicted molar refractivity (Wildman–Crippen MR) is 96.7 cm³/mol. The van der Waals surface area contributed by atoms with Crippen molar-refractivity contribution in [2.75, 3.05) is 13.2 Å². The number of ether oxygens (including phenoxy) is 1. The lowest BCUT2D eigenvalue weighted by atomic mass is 10.00. The van der Waals surface area contributed by atoms with E-state index in [-0.39, 0.29) is 11.9 Å². The second kappa shape index (κ2) is 7.77. The molecule has 2 aromatic rings.